The molecular weight excluding hydrogens is 361 g/mol. The number of carbonyl (C=O) groups is 1. The number of carbonyl (C=O) groups excluding carboxylic acids is 1. The van der Waals surface area contributed by atoms with E-state index in [0.29, 0.717) is 17.0 Å². The van der Waals surface area contributed by atoms with Crippen molar-refractivity contribution < 1.29 is 9.53 Å². The predicted molar refractivity (Wildman–Crippen MR) is 105 cm³/mol. The van der Waals surface area contributed by atoms with Crippen molar-refractivity contribution in [3.05, 3.63) is 72.3 Å². The monoisotopic (exact) mass is 377 g/mol. The number of aliphatic imine (C=N–C) groups is 1. The third-order valence-corrected chi connectivity index (χ3v) is 3.31. The maximum atomic E-state index is 12.3. The molecule has 0 saturated carbocycles. The average Bonchev–Trinajstić information content (AvgIpc) is 2.55. The number of fused-ring (bicyclic) bond motifs is 1. The van der Waals surface area contributed by atoms with Crippen LogP contribution in [-0.4, -0.2) is 11.9 Å². The highest BCUT2D eigenvalue weighted by molar-refractivity contribution is 5.95. The minimum absolute atomic E-state index is 0. The number of esters is 1. The topological polar surface area (TPSA) is 90.7 Å². The quantitative estimate of drug-likeness (QED) is 0.314. The molecule has 4 N–H and O–H groups in total. The fourth-order valence-corrected chi connectivity index (χ4v) is 2.26. The van der Waals surface area contributed by atoms with Crippen molar-refractivity contribution in [2.45, 2.75) is 0 Å². The van der Waals surface area contributed by atoms with Crippen molar-refractivity contribution in [2.75, 3.05) is 0 Å². The standard InChI is InChI=1S/C18H15N3O2.2ClH/c19-18(20)21-14-10-8-13(9-11-14)17(22)23-16-7-3-5-12-4-1-2-6-15(12)16;;/h1-11H,(H4,19,20,21);2*1H. The van der Waals surface area contributed by atoms with Crippen LogP contribution in [0.4, 0.5) is 5.69 Å². The molecule has 130 valence electrons. The van der Waals surface area contributed by atoms with Crippen LogP contribution >= 0.6 is 24.8 Å². The SMILES string of the molecule is Cl.Cl.NC(N)=Nc1ccc(C(=O)Oc2cccc3ccccc23)cc1. The van der Waals surface area contributed by atoms with Crippen LogP contribution in [0.5, 0.6) is 5.75 Å². The fraction of sp³-hybridized carbons (Fsp3) is 0. The normalized spacial score (nSPS) is 9.44. The van der Waals surface area contributed by atoms with Crippen molar-refractivity contribution in [2.24, 2.45) is 16.5 Å². The van der Waals surface area contributed by atoms with Crippen LogP contribution in [0.2, 0.25) is 0 Å². The first kappa shape index (κ1) is 20.3. The smallest absolute Gasteiger partial charge is 0.343 e. The lowest BCUT2D eigenvalue weighted by molar-refractivity contribution is 0.0737. The lowest BCUT2D eigenvalue weighted by Gasteiger charge is -2.08. The molecule has 0 aliphatic heterocycles. The van der Waals surface area contributed by atoms with Crippen LogP contribution in [0.25, 0.3) is 10.8 Å². The van der Waals surface area contributed by atoms with E-state index < -0.39 is 5.97 Å². The van der Waals surface area contributed by atoms with Gasteiger partial charge in [-0.15, -0.1) is 24.8 Å². The Morgan fingerprint density at radius 2 is 1.48 bits per heavy atom. The second-order valence-corrected chi connectivity index (χ2v) is 4.95. The molecule has 3 aromatic rings. The molecule has 0 atom stereocenters. The minimum Gasteiger partial charge on any atom is -0.422 e. The number of halogens is 2. The molecule has 7 heteroatoms. The van der Waals surface area contributed by atoms with E-state index in [9.17, 15) is 4.79 Å². The molecule has 0 saturated heterocycles. The number of hydrogen-bond acceptors (Lipinski definition) is 3. The Morgan fingerprint density at radius 1 is 0.840 bits per heavy atom. The summed E-state index contributed by atoms with van der Waals surface area (Å²) in [5, 5.41) is 1.90. The van der Waals surface area contributed by atoms with Gasteiger partial charge in [0.1, 0.15) is 5.75 Å². The van der Waals surface area contributed by atoms with Gasteiger partial charge in [-0.2, -0.15) is 0 Å². The number of guanidine groups is 1. The van der Waals surface area contributed by atoms with Crippen molar-refractivity contribution >= 4 is 53.2 Å². The van der Waals surface area contributed by atoms with E-state index in [1.807, 2.05) is 36.4 Å². The first-order valence-electron chi connectivity index (χ1n) is 7.03. The van der Waals surface area contributed by atoms with E-state index in [2.05, 4.69) is 4.99 Å². The average molecular weight is 378 g/mol. The largest absolute Gasteiger partial charge is 0.422 e. The maximum absolute atomic E-state index is 12.3. The zero-order chi connectivity index (χ0) is 16.2. The highest BCUT2D eigenvalue weighted by Crippen LogP contribution is 2.26. The summed E-state index contributed by atoms with van der Waals surface area (Å²) in [6.45, 7) is 0. The third-order valence-electron chi connectivity index (χ3n) is 3.31. The number of nitrogens with two attached hydrogens (primary N) is 2. The second kappa shape index (κ2) is 8.92. The molecule has 0 aliphatic rings. The van der Waals surface area contributed by atoms with E-state index in [4.69, 9.17) is 16.2 Å². The van der Waals surface area contributed by atoms with Gasteiger partial charge in [0.25, 0.3) is 0 Å². The Bertz CT molecular complexity index is 887. The molecule has 0 aliphatic carbocycles. The van der Waals surface area contributed by atoms with E-state index in [1.54, 1.807) is 30.3 Å². The van der Waals surface area contributed by atoms with Crippen molar-refractivity contribution in [1.82, 2.24) is 0 Å². The molecule has 25 heavy (non-hydrogen) atoms. The first-order chi connectivity index (χ1) is 11.1. The Kier molecular flexibility index (Phi) is 7.23. The summed E-state index contributed by atoms with van der Waals surface area (Å²) in [4.78, 5) is 16.2. The Labute approximate surface area is 157 Å². The molecular formula is C18H17Cl2N3O2. The molecule has 0 fully saturated rings. The van der Waals surface area contributed by atoms with Gasteiger partial charge in [-0.25, -0.2) is 9.79 Å². The fourth-order valence-electron chi connectivity index (χ4n) is 2.26. The Hall–Kier alpha value is -2.76. The summed E-state index contributed by atoms with van der Waals surface area (Å²) in [6.07, 6.45) is 0. The zero-order valence-corrected chi connectivity index (χ0v) is 14.7. The van der Waals surface area contributed by atoms with E-state index >= 15 is 0 Å². The first-order valence-corrected chi connectivity index (χ1v) is 7.03. The summed E-state index contributed by atoms with van der Waals surface area (Å²) in [7, 11) is 0. The number of hydrogen-bond donors (Lipinski definition) is 2. The highest BCUT2D eigenvalue weighted by atomic mass is 35.5. The van der Waals surface area contributed by atoms with Crippen LogP contribution < -0.4 is 16.2 Å². The van der Waals surface area contributed by atoms with Gasteiger partial charge in [-0.1, -0.05) is 36.4 Å². The van der Waals surface area contributed by atoms with E-state index in [-0.39, 0.29) is 30.8 Å². The van der Waals surface area contributed by atoms with Crippen LogP contribution in [-0.2, 0) is 0 Å². The second-order valence-electron chi connectivity index (χ2n) is 4.95. The van der Waals surface area contributed by atoms with Gasteiger partial charge >= 0.3 is 5.97 Å². The number of benzene rings is 3. The Morgan fingerprint density at radius 3 is 2.16 bits per heavy atom. The van der Waals surface area contributed by atoms with Crippen LogP contribution in [0.1, 0.15) is 10.4 Å². The van der Waals surface area contributed by atoms with Gasteiger partial charge in [-0.3, -0.25) is 0 Å². The number of nitrogens with zero attached hydrogens (tertiary/aromatic N) is 1. The van der Waals surface area contributed by atoms with Gasteiger partial charge in [0.2, 0.25) is 0 Å². The van der Waals surface area contributed by atoms with Gasteiger partial charge < -0.3 is 16.2 Å². The highest BCUT2D eigenvalue weighted by Gasteiger charge is 2.10. The molecule has 0 bridgehead atoms. The van der Waals surface area contributed by atoms with Gasteiger partial charge in [0.05, 0.1) is 11.3 Å². The van der Waals surface area contributed by atoms with Crippen LogP contribution in [0, 0.1) is 0 Å². The predicted octanol–water partition coefficient (Wildman–Crippen LogP) is 3.81. The van der Waals surface area contributed by atoms with E-state index in [0.717, 1.165) is 10.8 Å². The minimum atomic E-state index is -0.433. The summed E-state index contributed by atoms with van der Waals surface area (Å²) >= 11 is 0. The molecule has 5 nitrogen and oxygen atoms in total. The molecule has 0 unspecified atom stereocenters. The summed E-state index contributed by atoms with van der Waals surface area (Å²) in [5.41, 5.74) is 11.6. The maximum Gasteiger partial charge on any atom is 0.343 e. The molecule has 0 heterocycles. The summed E-state index contributed by atoms with van der Waals surface area (Å²) < 4.78 is 5.51. The number of rotatable bonds is 3. The molecule has 0 amide bonds. The third kappa shape index (κ3) is 4.86. The Balaban J connectivity index is 0.00000156. The lowest BCUT2D eigenvalue weighted by atomic mass is 10.1. The molecule has 0 spiro atoms. The van der Waals surface area contributed by atoms with Crippen LogP contribution in [0.3, 0.4) is 0 Å². The van der Waals surface area contributed by atoms with Crippen LogP contribution in [0.15, 0.2) is 71.7 Å². The van der Waals surface area contributed by atoms with Gasteiger partial charge in [0.15, 0.2) is 5.96 Å². The number of ether oxygens (including phenoxy) is 1. The summed E-state index contributed by atoms with van der Waals surface area (Å²) in [6, 6.07) is 19.9. The van der Waals surface area contributed by atoms with Gasteiger partial charge in [0, 0.05) is 5.39 Å². The molecule has 0 aromatic heterocycles. The van der Waals surface area contributed by atoms with E-state index in [1.165, 1.54) is 0 Å². The van der Waals surface area contributed by atoms with Gasteiger partial charge in [-0.05, 0) is 35.7 Å². The zero-order valence-electron chi connectivity index (χ0n) is 13.1. The molecule has 3 rings (SSSR count). The van der Waals surface area contributed by atoms with Crippen molar-refractivity contribution in [3.8, 4) is 5.75 Å². The molecule has 0 radical (unpaired) electrons. The lowest BCUT2D eigenvalue weighted by Crippen LogP contribution is -2.21. The molecule has 3 aromatic carbocycles. The summed E-state index contributed by atoms with van der Waals surface area (Å²) in [5.74, 6) is 0.0649. The van der Waals surface area contributed by atoms with Crippen molar-refractivity contribution in [3.63, 3.8) is 0 Å². The van der Waals surface area contributed by atoms with Crippen molar-refractivity contribution in [1.29, 1.82) is 0 Å².